The fourth-order valence-electron chi connectivity index (χ4n) is 1.32. The third-order valence-electron chi connectivity index (χ3n) is 2.13. The molecule has 0 atom stereocenters. The highest BCUT2D eigenvalue weighted by Gasteiger charge is 2.00. The lowest BCUT2D eigenvalue weighted by Crippen LogP contribution is -2.10. The van der Waals surface area contributed by atoms with E-state index in [0.29, 0.717) is 0 Å². The maximum Gasteiger partial charge on any atom is 0.271 e. The van der Waals surface area contributed by atoms with Crippen molar-refractivity contribution in [2.45, 2.75) is 0 Å². The molecule has 1 aromatic heterocycles. The van der Waals surface area contributed by atoms with Crippen molar-refractivity contribution in [2.24, 2.45) is 0 Å². The summed E-state index contributed by atoms with van der Waals surface area (Å²) in [6, 6.07) is 8.27. The minimum Gasteiger partial charge on any atom is -0.508 e. The molecule has 0 aliphatic rings. The molecule has 0 radical (unpaired) electrons. The van der Waals surface area contributed by atoms with Crippen molar-refractivity contribution in [2.75, 3.05) is 5.73 Å². The van der Waals surface area contributed by atoms with Crippen LogP contribution in [0.15, 0.2) is 41.3 Å². The highest BCUT2D eigenvalue weighted by atomic mass is 16.3. The zero-order valence-corrected chi connectivity index (χ0v) is 7.90. The molecule has 1 heterocycles. The lowest BCUT2D eigenvalue weighted by molar-refractivity contribution is 0.475. The Morgan fingerprint density at radius 1 is 1.13 bits per heavy atom. The molecule has 15 heavy (non-hydrogen) atoms. The van der Waals surface area contributed by atoms with E-state index in [1.807, 2.05) is 0 Å². The summed E-state index contributed by atoms with van der Waals surface area (Å²) in [5.74, 6) is 0.205. The molecule has 0 aliphatic heterocycles. The van der Waals surface area contributed by atoms with E-state index in [1.165, 1.54) is 0 Å². The number of benzene rings is 1. The van der Waals surface area contributed by atoms with Gasteiger partial charge in [-0.2, -0.15) is 0 Å². The molecule has 76 valence electrons. The summed E-state index contributed by atoms with van der Waals surface area (Å²) in [5, 5.41) is 9.12. The van der Waals surface area contributed by atoms with E-state index in [9.17, 15) is 4.79 Å². The number of nitrogens with one attached hydrogen (secondary N) is 1. The maximum atomic E-state index is 11.0. The Balaban J connectivity index is 2.50. The number of nitrogens with two attached hydrogens (primary N) is 1. The van der Waals surface area contributed by atoms with Gasteiger partial charge in [0.05, 0.1) is 5.69 Å². The Hall–Kier alpha value is -2.23. The van der Waals surface area contributed by atoms with E-state index in [0.717, 1.165) is 11.1 Å². The standard InChI is InChI=1S/C11H10N2O2/c12-10-5-8(6-13-11(10)15)7-1-3-9(14)4-2-7/h1-6,14H,12H2,(H,13,15). The molecule has 0 saturated carbocycles. The smallest absolute Gasteiger partial charge is 0.271 e. The first-order valence-corrected chi connectivity index (χ1v) is 4.44. The van der Waals surface area contributed by atoms with Gasteiger partial charge in [-0.05, 0) is 23.8 Å². The van der Waals surface area contributed by atoms with E-state index in [1.54, 1.807) is 36.5 Å². The molecule has 0 saturated heterocycles. The molecule has 4 nitrogen and oxygen atoms in total. The van der Waals surface area contributed by atoms with E-state index in [4.69, 9.17) is 10.8 Å². The molecule has 0 spiro atoms. The van der Waals surface area contributed by atoms with Crippen LogP contribution in [-0.2, 0) is 0 Å². The van der Waals surface area contributed by atoms with Crippen molar-refractivity contribution < 1.29 is 5.11 Å². The van der Waals surface area contributed by atoms with E-state index < -0.39 is 0 Å². The molecular formula is C11H10N2O2. The summed E-state index contributed by atoms with van der Waals surface area (Å²) in [4.78, 5) is 13.6. The van der Waals surface area contributed by atoms with Gasteiger partial charge in [0.25, 0.3) is 5.56 Å². The SMILES string of the molecule is Nc1cc(-c2ccc(O)cc2)c[nH]c1=O. The number of aromatic hydroxyl groups is 1. The van der Waals surface area contributed by atoms with Crippen molar-refractivity contribution in [1.29, 1.82) is 0 Å². The second-order valence-electron chi connectivity index (χ2n) is 3.22. The summed E-state index contributed by atoms with van der Waals surface area (Å²) in [7, 11) is 0. The van der Waals surface area contributed by atoms with Gasteiger partial charge in [-0.25, -0.2) is 0 Å². The number of aromatic amines is 1. The molecule has 2 rings (SSSR count). The molecule has 4 N–H and O–H groups in total. The van der Waals surface area contributed by atoms with Crippen LogP contribution in [0.1, 0.15) is 0 Å². The second-order valence-corrected chi connectivity index (χ2v) is 3.22. The van der Waals surface area contributed by atoms with Crippen molar-refractivity contribution in [1.82, 2.24) is 4.98 Å². The van der Waals surface area contributed by atoms with Gasteiger partial charge in [-0.15, -0.1) is 0 Å². The molecule has 0 aliphatic carbocycles. The predicted octanol–water partition coefficient (Wildman–Crippen LogP) is 1.33. The molecule has 0 fully saturated rings. The Morgan fingerprint density at radius 2 is 1.80 bits per heavy atom. The van der Waals surface area contributed by atoms with Gasteiger partial charge in [0, 0.05) is 11.8 Å². The number of pyridine rings is 1. The summed E-state index contributed by atoms with van der Waals surface area (Å²) < 4.78 is 0. The van der Waals surface area contributed by atoms with Gasteiger partial charge in [0.1, 0.15) is 5.75 Å². The summed E-state index contributed by atoms with van der Waals surface area (Å²) >= 11 is 0. The monoisotopic (exact) mass is 202 g/mol. The first kappa shape index (κ1) is 9.33. The van der Waals surface area contributed by atoms with Gasteiger partial charge >= 0.3 is 0 Å². The number of H-pyrrole nitrogens is 1. The van der Waals surface area contributed by atoms with E-state index >= 15 is 0 Å². The molecular weight excluding hydrogens is 192 g/mol. The molecule has 0 unspecified atom stereocenters. The first-order valence-electron chi connectivity index (χ1n) is 4.44. The number of nitrogen functional groups attached to an aromatic ring is 1. The number of anilines is 1. The zero-order valence-electron chi connectivity index (χ0n) is 7.90. The molecule has 0 amide bonds. The third kappa shape index (κ3) is 1.83. The number of hydrogen-bond acceptors (Lipinski definition) is 3. The van der Waals surface area contributed by atoms with Crippen molar-refractivity contribution >= 4 is 5.69 Å². The number of hydrogen-bond donors (Lipinski definition) is 3. The van der Waals surface area contributed by atoms with Gasteiger partial charge in [-0.3, -0.25) is 4.79 Å². The average Bonchev–Trinajstić information content (AvgIpc) is 2.23. The molecule has 4 heteroatoms. The Morgan fingerprint density at radius 3 is 2.40 bits per heavy atom. The zero-order chi connectivity index (χ0) is 10.8. The third-order valence-corrected chi connectivity index (χ3v) is 2.13. The largest absolute Gasteiger partial charge is 0.508 e. The van der Waals surface area contributed by atoms with Crippen LogP contribution in [0.3, 0.4) is 0 Å². The first-order chi connectivity index (χ1) is 7.16. The van der Waals surface area contributed by atoms with Crippen LogP contribution in [0.4, 0.5) is 5.69 Å². The van der Waals surface area contributed by atoms with Crippen LogP contribution < -0.4 is 11.3 Å². The van der Waals surface area contributed by atoms with Crippen LogP contribution >= 0.6 is 0 Å². The van der Waals surface area contributed by atoms with Crippen molar-refractivity contribution in [3.63, 3.8) is 0 Å². The normalized spacial score (nSPS) is 10.1. The number of phenolic OH excluding ortho intramolecular Hbond substituents is 1. The lowest BCUT2D eigenvalue weighted by Gasteiger charge is -2.02. The fraction of sp³-hybridized carbons (Fsp3) is 0. The van der Waals surface area contributed by atoms with E-state index in [-0.39, 0.29) is 17.0 Å². The van der Waals surface area contributed by atoms with Gasteiger partial charge in [0.15, 0.2) is 0 Å². The van der Waals surface area contributed by atoms with Crippen LogP contribution in [-0.4, -0.2) is 10.1 Å². The maximum absolute atomic E-state index is 11.0. The molecule has 2 aromatic rings. The van der Waals surface area contributed by atoms with Gasteiger partial charge in [-0.1, -0.05) is 12.1 Å². The van der Waals surface area contributed by atoms with Crippen molar-refractivity contribution in [3.05, 3.63) is 46.9 Å². The van der Waals surface area contributed by atoms with Crippen LogP contribution in [0.25, 0.3) is 11.1 Å². The summed E-state index contributed by atoms with van der Waals surface area (Å²) in [5.41, 5.74) is 7.08. The quantitative estimate of drug-likeness (QED) is 0.652. The highest BCUT2D eigenvalue weighted by molar-refractivity contribution is 5.66. The number of aromatic nitrogens is 1. The molecule has 0 bridgehead atoms. The van der Waals surface area contributed by atoms with Crippen LogP contribution in [0.2, 0.25) is 0 Å². The average molecular weight is 202 g/mol. The molecule has 1 aromatic carbocycles. The Labute approximate surface area is 86.0 Å². The second kappa shape index (κ2) is 3.49. The summed E-state index contributed by atoms with van der Waals surface area (Å²) in [6.07, 6.45) is 1.59. The Kier molecular flexibility index (Phi) is 2.17. The lowest BCUT2D eigenvalue weighted by atomic mass is 10.1. The number of phenols is 1. The van der Waals surface area contributed by atoms with E-state index in [2.05, 4.69) is 4.98 Å². The van der Waals surface area contributed by atoms with Gasteiger partial charge in [0.2, 0.25) is 0 Å². The fourth-order valence-corrected chi connectivity index (χ4v) is 1.32. The minimum atomic E-state index is -0.294. The number of rotatable bonds is 1. The topological polar surface area (TPSA) is 79.1 Å². The van der Waals surface area contributed by atoms with Crippen LogP contribution in [0.5, 0.6) is 5.75 Å². The van der Waals surface area contributed by atoms with Crippen molar-refractivity contribution in [3.8, 4) is 16.9 Å². The summed E-state index contributed by atoms with van der Waals surface area (Å²) in [6.45, 7) is 0. The minimum absolute atomic E-state index is 0.181. The predicted molar refractivity (Wildman–Crippen MR) is 58.6 cm³/mol. The van der Waals surface area contributed by atoms with Crippen LogP contribution in [0, 0.1) is 0 Å². The highest BCUT2D eigenvalue weighted by Crippen LogP contribution is 2.21. The Bertz CT molecular complexity index is 529. The van der Waals surface area contributed by atoms with Gasteiger partial charge < -0.3 is 15.8 Å².